The fourth-order valence-electron chi connectivity index (χ4n) is 4.98. The topological polar surface area (TPSA) is 129 Å². The van der Waals surface area contributed by atoms with Gasteiger partial charge in [0.15, 0.2) is 0 Å². The molecule has 11 atom stereocenters. The highest BCUT2D eigenvalue weighted by Gasteiger charge is 2.50. The summed E-state index contributed by atoms with van der Waals surface area (Å²) in [5, 5.41) is 42.0. The minimum Gasteiger partial charge on any atom is -0.457 e. The summed E-state index contributed by atoms with van der Waals surface area (Å²) < 4.78 is 17.0. The second-order valence-electron chi connectivity index (χ2n) is 11.1. The number of aliphatic hydroxyl groups excluding tert-OH is 3. The van der Waals surface area contributed by atoms with Gasteiger partial charge in [-0.2, -0.15) is 0 Å². The van der Waals surface area contributed by atoms with Crippen LogP contribution in [0.15, 0.2) is 36.0 Å². The number of cyclic esters (lactones) is 1. The lowest BCUT2D eigenvalue weighted by molar-refractivity contribution is -0.151. The molecule has 8 nitrogen and oxygen atoms in total. The fourth-order valence-corrected chi connectivity index (χ4v) is 4.98. The van der Waals surface area contributed by atoms with Crippen LogP contribution in [0.25, 0.3) is 0 Å². The summed E-state index contributed by atoms with van der Waals surface area (Å²) in [6, 6.07) is 0. The molecule has 0 radical (unpaired) electrons. The summed E-state index contributed by atoms with van der Waals surface area (Å²) in [7, 11) is 1.70. The van der Waals surface area contributed by atoms with Gasteiger partial charge >= 0.3 is 5.97 Å². The van der Waals surface area contributed by atoms with E-state index in [0.717, 1.165) is 12.0 Å². The molecule has 1 fully saturated rings. The zero-order valence-electron chi connectivity index (χ0n) is 23.4. The van der Waals surface area contributed by atoms with Gasteiger partial charge in [-0.05, 0) is 38.7 Å². The second kappa shape index (κ2) is 14.0. The van der Waals surface area contributed by atoms with Crippen molar-refractivity contribution in [2.75, 3.05) is 7.11 Å². The predicted molar refractivity (Wildman–Crippen MR) is 142 cm³/mol. The highest BCUT2D eigenvalue weighted by atomic mass is 16.6. The van der Waals surface area contributed by atoms with E-state index in [-0.39, 0.29) is 55.3 Å². The largest absolute Gasteiger partial charge is 0.457 e. The first-order chi connectivity index (χ1) is 17.3. The van der Waals surface area contributed by atoms with E-state index >= 15 is 0 Å². The van der Waals surface area contributed by atoms with Crippen molar-refractivity contribution in [1.29, 1.82) is 0 Å². The summed E-state index contributed by atoms with van der Waals surface area (Å²) in [5.74, 6) is -0.767. The molecule has 0 spiro atoms. The van der Waals surface area contributed by atoms with E-state index in [9.17, 15) is 25.2 Å². The van der Waals surface area contributed by atoms with Crippen molar-refractivity contribution in [1.82, 2.24) is 0 Å². The Hall–Kier alpha value is -1.55. The van der Waals surface area contributed by atoms with Crippen LogP contribution in [-0.4, -0.2) is 81.8 Å². The molecule has 8 heteroatoms. The van der Waals surface area contributed by atoms with Crippen LogP contribution >= 0.6 is 0 Å². The van der Waals surface area contributed by atoms with Crippen LogP contribution in [-0.2, 0) is 19.0 Å². The van der Waals surface area contributed by atoms with Crippen LogP contribution in [0.2, 0.25) is 0 Å². The Labute approximate surface area is 222 Å². The number of aliphatic hydroxyl groups is 4. The molecular weight excluding hydrogens is 476 g/mol. The smallest absolute Gasteiger partial charge is 0.309 e. The van der Waals surface area contributed by atoms with Crippen molar-refractivity contribution in [2.45, 2.75) is 116 Å². The van der Waals surface area contributed by atoms with Crippen molar-refractivity contribution >= 4 is 5.97 Å². The van der Waals surface area contributed by atoms with E-state index < -0.39 is 36.0 Å². The van der Waals surface area contributed by atoms with Crippen molar-refractivity contribution < 1.29 is 39.4 Å². The fraction of sp³-hybridized carbons (Fsp3) is 0.759. The molecule has 0 aromatic heterocycles. The van der Waals surface area contributed by atoms with Crippen LogP contribution < -0.4 is 0 Å². The maximum Gasteiger partial charge on any atom is 0.309 e. The van der Waals surface area contributed by atoms with E-state index in [4.69, 9.17) is 14.2 Å². The molecule has 0 bridgehead atoms. The number of hydrogen-bond acceptors (Lipinski definition) is 8. The standard InChI is InChI=1S/C29H48O8/c1-8-22(35-7)20(5)27-28(37-27)25(33)17(2)10-9-11-18(3)26-19(4)12-13-23(31)29(6,34)15-14-21(30)16-24(32)36-26/h9-13,17,19-23,25-28,30-31,33-34H,8,14-16H2,1-7H3/b10-9+,13-12+,18-11+. The SMILES string of the molecule is CCC(OC)C(C)C1OC1C(O)C(C)/C=C/C=C(\C)C1OC(=O)CC(O)CCC(C)(O)C(O)/C=C/C1C. The van der Waals surface area contributed by atoms with Gasteiger partial charge < -0.3 is 34.6 Å². The number of hydrogen-bond donors (Lipinski definition) is 4. The Morgan fingerprint density at radius 2 is 1.95 bits per heavy atom. The summed E-state index contributed by atoms with van der Waals surface area (Å²) >= 11 is 0. The first kappa shape index (κ1) is 31.7. The third-order valence-electron chi connectivity index (χ3n) is 7.83. The van der Waals surface area contributed by atoms with Gasteiger partial charge in [0, 0.05) is 24.9 Å². The highest BCUT2D eigenvalue weighted by molar-refractivity contribution is 5.70. The van der Waals surface area contributed by atoms with Gasteiger partial charge in [-0.15, -0.1) is 0 Å². The molecule has 2 aliphatic rings. The molecule has 2 aliphatic heterocycles. The Kier molecular flexibility index (Phi) is 12.0. The first-order valence-electron chi connectivity index (χ1n) is 13.5. The predicted octanol–water partition coefficient (Wildman–Crippen LogP) is 3.08. The number of ether oxygens (including phenoxy) is 3. The van der Waals surface area contributed by atoms with Gasteiger partial charge in [0.25, 0.3) is 0 Å². The third kappa shape index (κ3) is 9.01. The average Bonchev–Trinajstić information content (AvgIpc) is 3.64. The number of allylic oxidation sites excluding steroid dienone is 2. The summed E-state index contributed by atoms with van der Waals surface area (Å²) in [5.41, 5.74) is -0.639. The minimum atomic E-state index is -1.41. The van der Waals surface area contributed by atoms with Gasteiger partial charge in [-0.3, -0.25) is 4.79 Å². The number of esters is 1. The molecule has 37 heavy (non-hydrogen) atoms. The number of epoxide rings is 1. The maximum atomic E-state index is 12.5. The molecule has 0 saturated carbocycles. The van der Waals surface area contributed by atoms with E-state index in [1.54, 1.807) is 13.2 Å². The van der Waals surface area contributed by atoms with E-state index in [1.165, 1.54) is 13.0 Å². The highest BCUT2D eigenvalue weighted by Crippen LogP contribution is 2.37. The van der Waals surface area contributed by atoms with Gasteiger partial charge in [-0.1, -0.05) is 58.1 Å². The lowest BCUT2D eigenvalue weighted by Gasteiger charge is -2.30. The van der Waals surface area contributed by atoms with Crippen molar-refractivity contribution in [2.24, 2.45) is 17.8 Å². The minimum absolute atomic E-state index is 0.0252. The first-order valence-corrected chi connectivity index (χ1v) is 13.5. The molecule has 2 heterocycles. The number of rotatable bonds is 9. The zero-order chi connectivity index (χ0) is 27.9. The molecule has 0 amide bonds. The quantitative estimate of drug-likeness (QED) is 0.157. The third-order valence-corrected chi connectivity index (χ3v) is 7.83. The van der Waals surface area contributed by atoms with Gasteiger partial charge in [0.05, 0.1) is 36.4 Å². The molecule has 4 N–H and O–H groups in total. The average molecular weight is 525 g/mol. The summed E-state index contributed by atoms with van der Waals surface area (Å²) in [6.45, 7) is 11.3. The second-order valence-corrected chi connectivity index (χ2v) is 11.1. The molecule has 212 valence electrons. The van der Waals surface area contributed by atoms with Crippen molar-refractivity contribution in [3.8, 4) is 0 Å². The Morgan fingerprint density at radius 1 is 1.27 bits per heavy atom. The molecule has 1 saturated heterocycles. The lowest BCUT2D eigenvalue weighted by Crippen LogP contribution is -2.39. The number of methoxy groups -OCH3 is 1. The number of carbonyl (C=O) groups is 1. The van der Waals surface area contributed by atoms with Gasteiger partial charge in [0.2, 0.25) is 0 Å². The zero-order valence-corrected chi connectivity index (χ0v) is 23.4. The molecule has 0 aromatic carbocycles. The van der Waals surface area contributed by atoms with Crippen LogP contribution in [0.5, 0.6) is 0 Å². The van der Waals surface area contributed by atoms with Gasteiger partial charge in [-0.25, -0.2) is 0 Å². The summed E-state index contributed by atoms with van der Waals surface area (Å²) in [4.78, 5) is 12.5. The Morgan fingerprint density at radius 3 is 2.57 bits per heavy atom. The van der Waals surface area contributed by atoms with Crippen molar-refractivity contribution in [3.05, 3.63) is 36.0 Å². The number of carbonyl (C=O) groups excluding carboxylic acids is 1. The maximum absolute atomic E-state index is 12.5. The van der Waals surface area contributed by atoms with Crippen LogP contribution in [0, 0.1) is 17.8 Å². The monoisotopic (exact) mass is 524 g/mol. The van der Waals surface area contributed by atoms with Gasteiger partial charge in [0.1, 0.15) is 18.3 Å². The molecule has 11 unspecified atom stereocenters. The van der Waals surface area contributed by atoms with Crippen LogP contribution in [0.4, 0.5) is 0 Å². The molecule has 0 aliphatic carbocycles. The molecule has 0 aromatic rings. The normalized spacial score (nSPS) is 38.1. The van der Waals surface area contributed by atoms with Crippen molar-refractivity contribution in [3.63, 3.8) is 0 Å². The Balaban J connectivity index is 2.09. The molecule has 2 rings (SSSR count). The lowest BCUT2D eigenvalue weighted by atomic mass is 9.89. The Bertz CT molecular complexity index is 815. The summed E-state index contributed by atoms with van der Waals surface area (Å²) in [6.07, 6.45) is 6.33. The van der Waals surface area contributed by atoms with Crippen LogP contribution in [0.3, 0.4) is 0 Å². The van der Waals surface area contributed by atoms with E-state index in [0.29, 0.717) is 0 Å². The van der Waals surface area contributed by atoms with Crippen LogP contribution in [0.1, 0.15) is 67.2 Å². The molecular formula is C29H48O8. The van der Waals surface area contributed by atoms with E-state index in [1.807, 2.05) is 39.0 Å². The van der Waals surface area contributed by atoms with E-state index in [2.05, 4.69) is 13.8 Å².